The van der Waals surface area contributed by atoms with Gasteiger partial charge in [0.25, 0.3) is 0 Å². The van der Waals surface area contributed by atoms with Crippen molar-refractivity contribution in [2.45, 2.75) is 37.5 Å². The van der Waals surface area contributed by atoms with Crippen LogP contribution in [0, 0.1) is 0 Å². The molecule has 1 heterocycles. The van der Waals surface area contributed by atoms with Gasteiger partial charge in [0, 0.05) is 6.20 Å². The Labute approximate surface area is 91.1 Å². The standard InChI is InChI=1S/C11H12F3NO/c12-11(13,14)8-2-1-7-15-9(8)3-4-10(16)5-6-10/h1-2,7,16H,3-6H2. The van der Waals surface area contributed by atoms with Crippen LogP contribution in [0.4, 0.5) is 13.2 Å². The molecule has 1 aliphatic carbocycles. The van der Waals surface area contributed by atoms with E-state index in [9.17, 15) is 18.3 Å². The Morgan fingerprint density at radius 2 is 2.06 bits per heavy atom. The summed E-state index contributed by atoms with van der Waals surface area (Å²) in [7, 11) is 0. The Hall–Kier alpha value is -1.10. The molecule has 1 aliphatic rings. The van der Waals surface area contributed by atoms with Crippen molar-refractivity contribution in [1.82, 2.24) is 4.98 Å². The second kappa shape index (κ2) is 3.73. The second-order valence-corrected chi connectivity index (χ2v) is 4.22. The highest BCUT2D eigenvalue weighted by Crippen LogP contribution is 2.40. The Bertz CT molecular complexity index is 385. The maximum Gasteiger partial charge on any atom is 0.418 e. The predicted octanol–water partition coefficient (Wildman–Crippen LogP) is 2.56. The molecule has 1 aromatic rings. The van der Waals surface area contributed by atoms with Gasteiger partial charge in [0.2, 0.25) is 0 Å². The van der Waals surface area contributed by atoms with Crippen LogP contribution in [0.3, 0.4) is 0 Å². The minimum atomic E-state index is -4.37. The average Bonchev–Trinajstić information content (AvgIpc) is 2.94. The van der Waals surface area contributed by atoms with E-state index in [1.54, 1.807) is 0 Å². The monoisotopic (exact) mass is 231 g/mol. The summed E-state index contributed by atoms with van der Waals surface area (Å²) in [5, 5.41) is 9.57. The van der Waals surface area contributed by atoms with Crippen LogP contribution in [-0.4, -0.2) is 15.7 Å². The van der Waals surface area contributed by atoms with Crippen molar-refractivity contribution in [3.05, 3.63) is 29.6 Å². The highest BCUT2D eigenvalue weighted by Gasteiger charge is 2.41. The fraction of sp³-hybridized carbons (Fsp3) is 0.545. The molecule has 1 saturated carbocycles. The lowest BCUT2D eigenvalue weighted by Crippen LogP contribution is -2.14. The second-order valence-electron chi connectivity index (χ2n) is 4.22. The quantitative estimate of drug-likeness (QED) is 0.867. The number of rotatable bonds is 3. The molecule has 0 amide bonds. The fourth-order valence-corrected chi connectivity index (χ4v) is 1.64. The number of halogens is 3. The number of aryl methyl sites for hydroxylation is 1. The van der Waals surface area contributed by atoms with Crippen LogP contribution in [0.15, 0.2) is 18.3 Å². The van der Waals surface area contributed by atoms with Crippen molar-refractivity contribution in [1.29, 1.82) is 0 Å². The molecule has 0 atom stereocenters. The van der Waals surface area contributed by atoms with E-state index < -0.39 is 17.3 Å². The minimum Gasteiger partial charge on any atom is -0.390 e. The summed E-state index contributed by atoms with van der Waals surface area (Å²) < 4.78 is 37.7. The first-order valence-electron chi connectivity index (χ1n) is 5.14. The van der Waals surface area contributed by atoms with Crippen molar-refractivity contribution in [3.63, 3.8) is 0 Å². The van der Waals surface area contributed by atoms with Gasteiger partial charge in [-0.2, -0.15) is 13.2 Å². The molecule has 1 aromatic heterocycles. The van der Waals surface area contributed by atoms with Crippen molar-refractivity contribution in [3.8, 4) is 0 Å². The number of aliphatic hydroxyl groups is 1. The number of alkyl halides is 3. The van der Waals surface area contributed by atoms with Gasteiger partial charge in [0.05, 0.1) is 16.9 Å². The molecule has 0 spiro atoms. The summed E-state index contributed by atoms with van der Waals surface area (Å²) in [5.41, 5.74) is -1.41. The van der Waals surface area contributed by atoms with Gasteiger partial charge >= 0.3 is 6.18 Å². The molecule has 0 aliphatic heterocycles. The Morgan fingerprint density at radius 1 is 1.38 bits per heavy atom. The molecular formula is C11H12F3NO. The zero-order valence-electron chi connectivity index (χ0n) is 8.59. The molecule has 16 heavy (non-hydrogen) atoms. The van der Waals surface area contributed by atoms with Gasteiger partial charge in [-0.05, 0) is 37.8 Å². The number of nitrogens with zero attached hydrogens (tertiary/aromatic N) is 1. The molecule has 5 heteroatoms. The largest absolute Gasteiger partial charge is 0.418 e. The summed E-state index contributed by atoms with van der Waals surface area (Å²) in [6.45, 7) is 0. The first kappa shape index (κ1) is 11.4. The van der Waals surface area contributed by atoms with Gasteiger partial charge < -0.3 is 5.11 Å². The summed E-state index contributed by atoms with van der Waals surface area (Å²) in [6.07, 6.45) is -1.13. The predicted molar refractivity (Wildman–Crippen MR) is 51.7 cm³/mol. The number of hydrogen-bond acceptors (Lipinski definition) is 2. The molecule has 88 valence electrons. The van der Waals surface area contributed by atoms with Crippen LogP contribution in [0.1, 0.15) is 30.5 Å². The van der Waals surface area contributed by atoms with Gasteiger partial charge in [-0.25, -0.2) is 0 Å². The Kier molecular flexibility index (Phi) is 2.66. The summed E-state index contributed by atoms with van der Waals surface area (Å²) in [6, 6.07) is 2.30. The van der Waals surface area contributed by atoms with E-state index in [4.69, 9.17) is 0 Å². The molecular weight excluding hydrogens is 219 g/mol. The molecule has 0 saturated heterocycles. The Morgan fingerprint density at radius 3 is 2.62 bits per heavy atom. The molecule has 0 bridgehead atoms. The molecule has 0 unspecified atom stereocenters. The zero-order chi connectivity index (χ0) is 11.8. The van der Waals surface area contributed by atoms with Crippen molar-refractivity contribution in [2.75, 3.05) is 0 Å². The van der Waals surface area contributed by atoms with Crippen molar-refractivity contribution < 1.29 is 18.3 Å². The van der Waals surface area contributed by atoms with Gasteiger partial charge in [-0.1, -0.05) is 0 Å². The molecule has 2 nitrogen and oxygen atoms in total. The molecule has 2 rings (SSSR count). The van der Waals surface area contributed by atoms with E-state index in [0.29, 0.717) is 19.3 Å². The minimum absolute atomic E-state index is 0.0234. The lowest BCUT2D eigenvalue weighted by molar-refractivity contribution is -0.138. The van der Waals surface area contributed by atoms with Crippen LogP contribution >= 0.6 is 0 Å². The van der Waals surface area contributed by atoms with Crippen LogP contribution in [0.25, 0.3) is 0 Å². The van der Waals surface area contributed by atoms with E-state index in [2.05, 4.69) is 4.98 Å². The third kappa shape index (κ3) is 2.52. The van der Waals surface area contributed by atoms with E-state index in [1.165, 1.54) is 12.3 Å². The SMILES string of the molecule is OC1(CCc2ncccc2C(F)(F)F)CC1. The maximum atomic E-state index is 12.6. The Balaban J connectivity index is 2.13. The molecule has 1 fully saturated rings. The normalized spacial score (nSPS) is 18.5. The van der Waals surface area contributed by atoms with E-state index in [0.717, 1.165) is 6.07 Å². The number of aromatic nitrogens is 1. The highest BCUT2D eigenvalue weighted by atomic mass is 19.4. The molecule has 1 N–H and O–H groups in total. The van der Waals surface area contributed by atoms with Crippen LogP contribution in [0.5, 0.6) is 0 Å². The van der Waals surface area contributed by atoms with E-state index >= 15 is 0 Å². The van der Waals surface area contributed by atoms with E-state index in [1.807, 2.05) is 0 Å². The third-order valence-electron chi connectivity index (χ3n) is 2.85. The van der Waals surface area contributed by atoms with Crippen LogP contribution in [0.2, 0.25) is 0 Å². The average molecular weight is 231 g/mol. The lowest BCUT2D eigenvalue weighted by Gasteiger charge is -2.12. The summed E-state index contributed by atoms with van der Waals surface area (Å²) in [4.78, 5) is 3.74. The molecule has 0 radical (unpaired) electrons. The maximum absolute atomic E-state index is 12.6. The third-order valence-corrected chi connectivity index (χ3v) is 2.85. The highest BCUT2D eigenvalue weighted by molar-refractivity contribution is 5.23. The first-order chi connectivity index (χ1) is 7.41. The van der Waals surface area contributed by atoms with Crippen molar-refractivity contribution in [2.24, 2.45) is 0 Å². The van der Waals surface area contributed by atoms with Gasteiger partial charge in [0.15, 0.2) is 0 Å². The lowest BCUT2D eigenvalue weighted by atomic mass is 10.1. The van der Waals surface area contributed by atoms with Gasteiger partial charge in [0.1, 0.15) is 0 Å². The van der Waals surface area contributed by atoms with Crippen LogP contribution < -0.4 is 0 Å². The van der Waals surface area contributed by atoms with Gasteiger partial charge in [-0.3, -0.25) is 4.98 Å². The fourth-order valence-electron chi connectivity index (χ4n) is 1.64. The first-order valence-corrected chi connectivity index (χ1v) is 5.14. The summed E-state index contributed by atoms with van der Waals surface area (Å²) >= 11 is 0. The number of pyridine rings is 1. The topological polar surface area (TPSA) is 33.1 Å². The zero-order valence-corrected chi connectivity index (χ0v) is 8.59. The van der Waals surface area contributed by atoms with Crippen LogP contribution in [-0.2, 0) is 12.6 Å². The number of hydrogen-bond donors (Lipinski definition) is 1. The summed E-state index contributed by atoms with van der Waals surface area (Å²) in [5.74, 6) is 0. The smallest absolute Gasteiger partial charge is 0.390 e. The van der Waals surface area contributed by atoms with Crippen molar-refractivity contribution >= 4 is 0 Å². The van der Waals surface area contributed by atoms with E-state index in [-0.39, 0.29) is 12.1 Å². The van der Waals surface area contributed by atoms with Gasteiger partial charge in [-0.15, -0.1) is 0 Å². The molecule has 0 aromatic carbocycles.